The van der Waals surface area contributed by atoms with Crippen molar-refractivity contribution in [2.24, 2.45) is 0 Å². The first-order valence-corrected chi connectivity index (χ1v) is 8.48. The number of carbonyl (C=O) groups is 2. The number of furan rings is 1. The van der Waals surface area contributed by atoms with Crippen LogP contribution in [0.4, 0.5) is 0 Å². The summed E-state index contributed by atoms with van der Waals surface area (Å²) in [6.07, 6.45) is 2.14. The number of carboxylic acid groups (broad SMARTS) is 1. The van der Waals surface area contributed by atoms with Gasteiger partial charge in [-0.15, -0.1) is 0 Å². The van der Waals surface area contributed by atoms with Gasteiger partial charge in [0.25, 0.3) is 5.91 Å². The molecule has 1 saturated heterocycles. The number of nitrogens with one attached hydrogen (secondary N) is 1. The highest BCUT2D eigenvalue weighted by Gasteiger charge is 2.17. The molecule has 1 amide bonds. The van der Waals surface area contributed by atoms with Gasteiger partial charge in [0.1, 0.15) is 29.4 Å². The molecule has 2 aromatic rings. The average molecular weight is 359 g/mol. The number of benzene rings is 1. The molecule has 1 atom stereocenters. The lowest BCUT2D eigenvalue weighted by atomic mass is 10.2. The van der Waals surface area contributed by atoms with Gasteiger partial charge in [-0.05, 0) is 44.0 Å². The third kappa shape index (κ3) is 4.43. The molecule has 1 fully saturated rings. The number of ether oxygens (including phenoxy) is 2. The van der Waals surface area contributed by atoms with Gasteiger partial charge in [0.05, 0.1) is 12.6 Å². The quantitative estimate of drug-likeness (QED) is 0.789. The second-order valence-electron chi connectivity index (χ2n) is 6.14. The molecule has 0 spiro atoms. The largest absolute Gasteiger partial charge is 0.491 e. The minimum absolute atomic E-state index is 0.0961. The Morgan fingerprint density at radius 1 is 1.35 bits per heavy atom. The highest BCUT2D eigenvalue weighted by molar-refractivity contribution is 5.94. The first-order valence-electron chi connectivity index (χ1n) is 8.48. The van der Waals surface area contributed by atoms with Crippen molar-refractivity contribution in [3.63, 3.8) is 0 Å². The highest BCUT2D eigenvalue weighted by Crippen LogP contribution is 2.18. The molecule has 0 aliphatic carbocycles. The van der Waals surface area contributed by atoms with Crippen LogP contribution in [0.15, 0.2) is 34.7 Å². The fraction of sp³-hybridized carbons (Fsp3) is 0.368. The maximum Gasteiger partial charge on any atom is 0.339 e. The number of hydrogen-bond donors (Lipinski definition) is 2. The zero-order valence-electron chi connectivity index (χ0n) is 14.5. The fourth-order valence-electron chi connectivity index (χ4n) is 2.80. The third-order valence-corrected chi connectivity index (χ3v) is 4.18. The Kier molecular flexibility index (Phi) is 5.58. The number of amides is 1. The van der Waals surface area contributed by atoms with Crippen LogP contribution in [0.25, 0.3) is 0 Å². The smallest absolute Gasteiger partial charge is 0.339 e. The number of carbonyl (C=O) groups excluding carboxylic acids is 1. The summed E-state index contributed by atoms with van der Waals surface area (Å²) in [5, 5.41) is 11.7. The average Bonchev–Trinajstić information content (AvgIpc) is 3.27. The molecule has 1 aromatic heterocycles. The molecule has 2 N–H and O–H groups in total. The van der Waals surface area contributed by atoms with Crippen molar-refractivity contribution in [1.82, 2.24) is 5.32 Å². The Bertz CT molecular complexity index is 791. The summed E-state index contributed by atoms with van der Waals surface area (Å²) in [4.78, 5) is 23.3. The zero-order chi connectivity index (χ0) is 18.5. The number of carboxylic acids is 1. The van der Waals surface area contributed by atoms with Crippen molar-refractivity contribution in [2.75, 3.05) is 13.2 Å². The summed E-state index contributed by atoms with van der Waals surface area (Å²) in [5.41, 5.74) is 0.551. The first-order chi connectivity index (χ1) is 12.5. The van der Waals surface area contributed by atoms with E-state index in [1.165, 1.54) is 6.07 Å². The molecular formula is C19H21NO6. The lowest BCUT2D eigenvalue weighted by Gasteiger charge is -2.12. The van der Waals surface area contributed by atoms with Gasteiger partial charge < -0.3 is 24.3 Å². The third-order valence-electron chi connectivity index (χ3n) is 4.18. The lowest BCUT2D eigenvalue weighted by Crippen LogP contribution is -2.22. The zero-order valence-corrected chi connectivity index (χ0v) is 14.5. The number of hydrogen-bond acceptors (Lipinski definition) is 5. The molecule has 7 heteroatoms. The van der Waals surface area contributed by atoms with Crippen LogP contribution in [0.1, 0.15) is 45.1 Å². The van der Waals surface area contributed by atoms with Crippen molar-refractivity contribution in [3.8, 4) is 5.75 Å². The Labute approximate surface area is 150 Å². The molecule has 0 bridgehead atoms. The predicted molar refractivity (Wildman–Crippen MR) is 92.5 cm³/mol. The summed E-state index contributed by atoms with van der Waals surface area (Å²) in [5.74, 6) is -0.0427. The molecule has 0 saturated carbocycles. The summed E-state index contributed by atoms with van der Waals surface area (Å²) >= 11 is 0. The van der Waals surface area contributed by atoms with Crippen molar-refractivity contribution < 1.29 is 28.6 Å². The van der Waals surface area contributed by atoms with E-state index in [2.05, 4.69) is 5.32 Å². The van der Waals surface area contributed by atoms with Gasteiger partial charge in [0.2, 0.25) is 0 Å². The summed E-state index contributed by atoms with van der Waals surface area (Å²) in [6.45, 7) is 2.92. The standard InChI is InChI=1S/C19H21NO6/c1-12-17(19(22)23)9-16(26-12)10-20-18(21)13-4-2-5-14(8-13)25-11-15-6-3-7-24-15/h2,4-5,8-9,15H,3,6-7,10-11H2,1H3,(H,20,21)(H,22,23)/t15-/m0/s1. The molecule has 0 radical (unpaired) electrons. The van der Waals surface area contributed by atoms with E-state index in [9.17, 15) is 9.59 Å². The number of aryl methyl sites for hydroxylation is 1. The monoisotopic (exact) mass is 359 g/mol. The van der Waals surface area contributed by atoms with Crippen molar-refractivity contribution in [2.45, 2.75) is 32.4 Å². The maximum absolute atomic E-state index is 12.3. The van der Waals surface area contributed by atoms with Crippen molar-refractivity contribution in [1.29, 1.82) is 0 Å². The molecule has 1 aliphatic heterocycles. The van der Waals surface area contributed by atoms with Crippen LogP contribution in [0, 0.1) is 6.92 Å². The van der Waals surface area contributed by atoms with E-state index in [0.29, 0.717) is 29.4 Å². The maximum atomic E-state index is 12.3. The van der Waals surface area contributed by atoms with Gasteiger partial charge >= 0.3 is 5.97 Å². The van der Waals surface area contributed by atoms with Crippen LogP contribution in [0.2, 0.25) is 0 Å². The molecule has 3 rings (SSSR count). The molecular weight excluding hydrogens is 338 g/mol. The second kappa shape index (κ2) is 8.05. The van der Waals surface area contributed by atoms with E-state index < -0.39 is 5.97 Å². The SMILES string of the molecule is Cc1oc(CNC(=O)c2cccc(OC[C@@H]3CCCO3)c2)cc1C(=O)O. The van der Waals surface area contributed by atoms with E-state index in [-0.39, 0.29) is 24.1 Å². The second-order valence-corrected chi connectivity index (χ2v) is 6.14. The Hall–Kier alpha value is -2.80. The van der Waals surface area contributed by atoms with E-state index in [0.717, 1.165) is 19.4 Å². The van der Waals surface area contributed by atoms with Crippen molar-refractivity contribution in [3.05, 3.63) is 53.0 Å². The highest BCUT2D eigenvalue weighted by atomic mass is 16.5. The summed E-state index contributed by atoms with van der Waals surface area (Å²) in [7, 11) is 0. The van der Waals surface area contributed by atoms with E-state index in [4.69, 9.17) is 19.0 Å². The van der Waals surface area contributed by atoms with E-state index in [1.54, 1.807) is 31.2 Å². The molecule has 26 heavy (non-hydrogen) atoms. The van der Waals surface area contributed by atoms with E-state index >= 15 is 0 Å². The van der Waals surface area contributed by atoms with Gasteiger partial charge in [-0.25, -0.2) is 4.79 Å². The topological polar surface area (TPSA) is 98.0 Å². The molecule has 0 unspecified atom stereocenters. The van der Waals surface area contributed by atoms with Gasteiger partial charge in [-0.3, -0.25) is 4.79 Å². The first kappa shape index (κ1) is 18.0. The number of aromatic carboxylic acids is 1. The van der Waals surface area contributed by atoms with Crippen LogP contribution < -0.4 is 10.1 Å². The van der Waals surface area contributed by atoms with Crippen LogP contribution in [0.3, 0.4) is 0 Å². The Morgan fingerprint density at radius 2 is 2.19 bits per heavy atom. The van der Waals surface area contributed by atoms with Crippen LogP contribution in [-0.2, 0) is 11.3 Å². The van der Waals surface area contributed by atoms with Gasteiger partial charge in [0.15, 0.2) is 0 Å². The van der Waals surface area contributed by atoms with Crippen molar-refractivity contribution >= 4 is 11.9 Å². The fourth-order valence-corrected chi connectivity index (χ4v) is 2.80. The van der Waals surface area contributed by atoms with Gasteiger partial charge in [-0.2, -0.15) is 0 Å². The molecule has 138 valence electrons. The number of rotatable bonds is 7. The molecule has 7 nitrogen and oxygen atoms in total. The minimum Gasteiger partial charge on any atom is -0.491 e. The Balaban J connectivity index is 1.56. The lowest BCUT2D eigenvalue weighted by molar-refractivity contribution is 0.0678. The molecule has 2 heterocycles. The molecule has 1 aromatic carbocycles. The van der Waals surface area contributed by atoms with Crippen LogP contribution >= 0.6 is 0 Å². The van der Waals surface area contributed by atoms with Crippen LogP contribution in [0.5, 0.6) is 5.75 Å². The normalized spacial score (nSPS) is 16.4. The summed E-state index contributed by atoms with van der Waals surface area (Å²) in [6, 6.07) is 8.31. The minimum atomic E-state index is -1.06. The van der Waals surface area contributed by atoms with Crippen LogP contribution in [-0.4, -0.2) is 36.3 Å². The summed E-state index contributed by atoms with van der Waals surface area (Å²) < 4.78 is 16.6. The van der Waals surface area contributed by atoms with Gasteiger partial charge in [0, 0.05) is 12.2 Å². The molecule has 1 aliphatic rings. The predicted octanol–water partition coefficient (Wildman–Crippen LogP) is 2.77. The van der Waals surface area contributed by atoms with Gasteiger partial charge in [-0.1, -0.05) is 6.07 Å². The van der Waals surface area contributed by atoms with E-state index in [1.807, 2.05) is 0 Å². The Morgan fingerprint density at radius 3 is 2.88 bits per heavy atom.